The zero-order chi connectivity index (χ0) is 13.7. The van der Waals surface area contributed by atoms with E-state index >= 15 is 0 Å². The Labute approximate surface area is 112 Å². The SMILES string of the molecule is CC[C@H](C)[C@H](N)C(=O)NCc1ccc(F)c(Cl)c1. The van der Waals surface area contributed by atoms with Gasteiger partial charge in [0.1, 0.15) is 5.82 Å². The lowest BCUT2D eigenvalue weighted by molar-refractivity contribution is -0.123. The second-order valence-corrected chi connectivity index (χ2v) is 4.78. The zero-order valence-electron chi connectivity index (χ0n) is 10.5. The number of nitrogens with one attached hydrogen (secondary N) is 1. The molecule has 0 radical (unpaired) electrons. The van der Waals surface area contributed by atoms with Gasteiger partial charge in [-0.1, -0.05) is 37.9 Å². The van der Waals surface area contributed by atoms with E-state index in [2.05, 4.69) is 5.32 Å². The van der Waals surface area contributed by atoms with Crippen molar-refractivity contribution in [2.24, 2.45) is 11.7 Å². The van der Waals surface area contributed by atoms with Crippen LogP contribution in [0.2, 0.25) is 5.02 Å². The third-order valence-corrected chi connectivity index (χ3v) is 3.30. The summed E-state index contributed by atoms with van der Waals surface area (Å²) < 4.78 is 12.9. The second kappa shape index (κ2) is 6.71. The van der Waals surface area contributed by atoms with Gasteiger partial charge in [0, 0.05) is 6.54 Å². The molecule has 1 amide bonds. The molecule has 1 rings (SSSR count). The van der Waals surface area contributed by atoms with Gasteiger partial charge in [0.05, 0.1) is 11.1 Å². The minimum Gasteiger partial charge on any atom is -0.351 e. The monoisotopic (exact) mass is 272 g/mol. The first kappa shape index (κ1) is 14.9. The highest BCUT2D eigenvalue weighted by molar-refractivity contribution is 6.30. The van der Waals surface area contributed by atoms with Gasteiger partial charge in [-0.05, 0) is 23.6 Å². The highest BCUT2D eigenvalue weighted by atomic mass is 35.5. The summed E-state index contributed by atoms with van der Waals surface area (Å²) in [5.41, 5.74) is 6.53. The van der Waals surface area contributed by atoms with Crippen molar-refractivity contribution in [2.45, 2.75) is 32.9 Å². The first-order valence-corrected chi connectivity index (χ1v) is 6.30. The number of carbonyl (C=O) groups excluding carboxylic acids is 1. The van der Waals surface area contributed by atoms with Gasteiger partial charge >= 0.3 is 0 Å². The van der Waals surface area contributed by atoms with Crippen LogP contribution >= 0.6 is 11.6 Å². The summed E-state index contributed by atoms with van der Waals surface area (Å²) in [7, 11) is 0. The third-order valence-electron chi connectivity index (χ3n) is 3.01. The van der Waals surface area contributed by atoms with Crippen LogP contribution in [0.15, 0.2) is 18.2 Å². The Kier molecular flexibility index (Phi) is 5.56. The van der Waals surface area contributed by atoms with Crippen molar-refractivity contribution in [1.82, 2.24) is 5.32 Å². The van der Waals surface area contributed by atoms with Crippen LogP contribution in [0, 0.1) is 11.7 Å². The van der Waals surface area contributed by atoms with Crippen molar-refractivity contribution >= 4 is 17.5 Å². The highest BCUT2D eigenvalue weighted by Crippen LogP contribution is 2.15. The molecule has 0 spiro atoms. The van der Waals surface area contributed by atoms with E-state index < -0.39 is 11.9 Å². The van der Waals surface area contributed by atoms with Crippen LogP contribution in [-0.4, -0.2) is 11.9 Å². The number of nitrogens with two attached hydrogens (primary N) is 1. The molecule has 5 heteroatoms. The quantitative estimate of drug-likeness (QED) is 0.865. The van der Waals surface area contributed by atoms with E-state index in [-0.39, 0.29) is 16.8 Å². The molecule has 0 aliphatic heterocycles. The van der Waals surface area contributed by atoms with Crippen molar-refractivity contribution in [2.75, 3.05) is 0 Å². The van der Waals surface area contributed by atoms with Crippen LogP contribution in [-0.2, 0) is 11.3 Å². The maximum absolute atomic E-state index is 12.9. The summed E-state index contributed by atoms with van der Waals surface area (Å²) in [5, 5.41) is 2.76. The van der Waals surface area contributed by atoms with Crippen molar-refractivity contribution < 1.29 is 9.18 Å². The Morgan fingerprint density at radius 2 is 2.22 bits per heavy atom. The molecule has 1 aromatic carbocycles. The van der Waals surface area contributed by atoms with E-state index in [0.717, 1.165) is 12.0 Å². The summed E-state index contributed by atoms with van der Waals surface area (Å²) in [6.45, 7) is 4.21. The van der Waals surface area contributed by atoms with Crippen LogP contribution in [0.25, 0.3) is 0 Å². The predicted molar refractivity (Wildman–Crippen MR) is 70.7 cm³/mol. The lowest BCUT2D eigenvalue weighted by Gasteiger charge is -2.17. The van der Waals surface area contributed by atoms with Crippen LogP contribution in [0.5, 0.6) is 0 Å². The summed E-state index contributed by atoms with van der Waals surface area (Å²) >= 11 is 5.65. The van der Waals surface area contributed by atoms with Crippen molar-refractivity contribution in [1.29, 1.82) is 0 Å². The molecule has 0 fully saturated rings. The fourth-order valence-corrected chi connectivity index (χ4v) is 1.67. The van der Waals surface area contributed by atoms with Crippen LogP contribution in [0.4, 0.5) is 4.39 Å². The molecule has 0 bridgehead atoms. The number of halogens is 2. The fourth-order valence-electron chi connectivity index (χ4n) is 1.47. The van der Waals surface area contributed by atoms with Crippen LogP contribution in [0.1, 0.15) is 25.8 Å². The third kappa shape index (κ3) is 3.96. The van der Waals surface area contributed by atoms with Gasteiger partial charge in [0.25, 0.3) is 0 Å². The van der Waals surface area contributed by atoms with Gasteiger partial charge in [-0.25, -0.2) is 4.39 Å². The van der Waals surface area contributed by atoms with Crippen LogP contribution in [0.3, 0.4) is 0 Å². The number of rotatable bonds is 5. The molecule has 100 valence electrons. The number of hydrogen-bond donors (Lipinski definition) is 2. The summed E-state index contributed by atoms with van der Waals surface area (Å²) in [4.78, 5) is 11.7. The van der Waals surface area contributed by atoms with E-state index in [4.69, 9.17) is 17.3 Å². The van der Waals surface area contributed by atoms with E-state index in [1.54, 1.807) is 6.07 Å². The molecule has 0 aromatic heterocycles. The maximum Gasteiger partial charge on any atom is 0.237 e. The van der Waals surface area contributed by atoms with Crippen molar-refractivity contribution in [3.63, 3.8) is 0 Å². The Morgan fingerprint density at radius 1 is 1.56 bits per heavy atom. The molecule has 2 atom stereocenters. The molecule has 3 N–H and O–H groups in total. The number of hydrogen-bond acceptors (Lipinski definition) is 2. The lowest BCUT2D eigenvalue weighted by Crippen LogP contribution is -2.44. The van der Waals surface area contributed by atoms with Crippen LogP contribution < -0.4 is 11.1 Å². The average molecular weight is 273 g/mol. The molecule has 0 saturated carbocycles. The second-order valence-electron chi connectivity index (χ2n) is 4.38. The average Bonchev–Trinajstić information content (AvgIpc) is 2.37. The van der Waals surface area contributed by atoms with Crippen molar-refractivity contribution in [3.05, 3.63) is 34.6 Å². The minimum absolute atomic E-state index is 0.0490. The van der Waals surface area contributed by atoms with E-state index in [1.165, 1.54) is 12.1 Å². The van der Waals surface area contributed by atoms with E-state index in [1.807, 2.05) is 13.8 Å². The van der Waals surface area contributed by atoms with Gasteiger partial charge in [-0.15, -0.1) is 0 Å². The molecule has 0 heterocycles. The smallest absolute Gasteiger partial charge is 0.237 e. The molecule has 0 saturated heterocycles. The Balaban J connectivity index is 2.54. The Bertz CT molecular complexity index is 425. The molecule has 0 aliphatic rings. The molecule has 0 unspecified atom stereocenters. The number of amides is 1. The maximum atomic E-state index is 12.9. The first-order valence-electron chi connectivity index (χ1n) is 5.93. The number of carbonyl (C=O) groups is 1. The molecular weight excluding hydrogens is 255 g/mol. The van der Waals surface area contributed by atoms with Gasteiger partial charge in [0.15, 0.2) is 0 Å². The standard InChI is InChI=1S/C13H18ClFN2O/c1-3-8(2)12(16)13(18)17-7-9-4-5-11(15)10(14)6-9/h4-6,8,12H,3,7,16H2,1-2H3,(H,17,18)/t8-,12-/m0/s1. The summed E-state index contributed by atoms with van der Waals surface area (Å²) in [6, 6.07) is 3.83. The zero-order valence-corrected chi connectivity index (χ0v) is 11.3. The van der Waals surface area contributed by atoms with Gasteiger partial charge in [-0.2, -0.15) is 0 Å². The molecule has 3 nitrogen and oxygen atoms in total. The highest BCUT2D eigenvalue weighted by Gasteiger charge is 2.18. The van der Waals surface area contributed by atoms with Gasteiger partial charge < -0.3 is 11.1 Å². The lowest BCUT2D eigenvalue weighted by atomic mass is 9.99. The largest absolute Gasteiger partial charge is 0.351 e. The molecule has 18 heavy (non-hydrogen) atoms. The molecule has 1 aromatic rings. The summed E-state index contributed by atoms with van der Waals surface area (Å²) in [6.07, 6.45) is 0.844. The van der Waals surface area contributed by atoms with E-state index in [9.17, 15) is 9.18 Å². The van der Waals surface area contributed by atoms with Crippen molar-refractivity contribution in [3.8, 4) is 0 Å². The topological polar surface area (TPSA) is 55.1 Å². The van der Waals surface area contributed by atoms with E-state index in [0.29, 0.717) is 6.54 Å². The summed E-state index contributed by atoms with van der Waals surface area (Å²) in [5.74, 6) is -0.547. The predicted octanol–water partition coefficient (Wildman–Crippen LogP) is 2.47. The molecule has 0 aliphatic carbocycles. The minimum atomic E-state index is -0.522. The first-order chi connectivity index (χ1) is 8.45. The van der Waals surface area contributed by atoms with Gasteiger partial charge in [0.2, 0.25) is 5.91 Å². The Hall–Kier alpha value is -1.13. The normalized spacial score (nSPS) is 14.1. The Morgan fingerprint density at radius 3 is 2.78 bits per heavy atom. The fraction of sp³-hybridized carbons (Fsp3) is 0.462. The number of benzene rings is 1. The van der Waals surface area contributed by atoms with Gasteiger partial charge in [-0.3, -0.25) is 4.79 Å². The molecular formula is C13H18ClFN2O.